The minimum absolute atomic E-state index is 0.458. The number of rotatable bonds is 3. The summed E-state index contributed by atoms with van der Waals surface area (Å²) >= 11 is 0. The van der Waals surface area contributed by atoms with Crippen molar-refractivity contribution in [3.05, 3.63) is 65.2 Å². The van der Waals surface area contributed by atoms with Crippen molar-refractivity contribution in [3.8, 4) is 5.75 Å². The second-order valence-electron chi connectivity index (χ2n) is 6.84. The average molecular weight is 319 g/mol. The van der Waals surface area contributed by atoms with Crippen LogP contribution >= 0.6 is 0 Å². The molecule has 1 heterocycles. The smallest absolute Gasteiger partial charge is 0.126 e. The molecule has 2 aliphatic rings. The van der Waals surface area contributed by atoms with E-state index in [1.807, 2.05) is 6.07 Å². The van der Waals surface area contributed by atoms with Crippen LogP contribution in [0.5, 0.6) is 5.75 Å². The quantitative estimate of drug-likeness (QED) is 0.786. The van der Waals surface area contributed by atoms with Crippen LogP contribution in [0.3, 0.4) is 0 Å². The van der Waals surface area contributed by atoms with Gasteiger partial charge in [-0.1, -0.05) is 36.4 Å². The molecule has 4 rings (SSSR count). The van der Waals surface area contributed by atoms with E-state index in [0.717, 1.165) is 12.2 Å². The van der Waals surface area contributed by atoms with E-state index in [1.54, 1.807) is 7.11 Å². The van der Waals surface area contributed by atoms with E-state index in [9.17, 15) is 0 Å². The number of ether oxygens (including phenoxy) is 1. The number of benzene rings is 2. The molecule has 24 heavy (non-hydrogen) atoms. The van der Waals surface area contributed by atoms with E-state index in [2.05, 4.69) is 53.5 Å². The summed E-state index contributed by atoms with van der Waals surface area (Å²) in [6.45, 7) is 2.41. The van der Waals surface area contributed by atoms with Gasteiger partial charge in [0.2, 0.25) is 0 Å². The summed E-state index contributed by atoms with van der Waals surface area (Å²) in [5.74, 6) is 1.43. The first-order chi connectivity index (χ1) is 11.8. The lowest BCUT2D eigenvalue weighted by atomic mass is 9.85. The molecule has 2 aromatic carbocycles. The highest BCUT2D eigenvalue weighted by molar-refractivity contribution is 5.65. The summed E-state index contributed by atoms with van der Waals surface area (Å²) < 4.78 is 5.48. The van der Waals surface area contributed by atoms with Crippen LogP contribution in [-0.4, -0.2) is 20.2 Å². The molecule has 0 radical (unpaired) electrons. The van der Waals surface area contributed by atoms with Crippen LogP contribution in [0.2, 0.25) is 0 Å². The van der Waals surface area contributed by atoms with Gasteiger partial charge in [0, 0.05) is 30.3 Å². The van der Waals surface area contributed by atoms with E-state index in [4.69, 9.17) is 4.74 Å². The summed E-state index contributed by atoms with van der Waals surface area (Å²) in [6.07, 6.45) is 9.62. The summed E-state index contributed by atoms with van der Waals surface area (Å²) in [4.78, 5) is 2.52. The Morgan fingerprint density at radius 1 is 0.958 bits per heavy atom. The number of hydrogen-bond acceptors (Lipinski definition) is 2. The van der Waals surface area contributed by atoms with Gasteiger partial charge in [-0.3, -0.25) is 0 Å². The van der Waals surface area contributed by atoms with Crippen LogP contribution in [0.1, 0.15) is 41.9 Å². The zero-order valence-corrected chi connectivity index (χ0v) is 14.4. The molecule has 0 aromatic heterocycles. The summed E-state index contributed by atoms with van der Waals surface area (Å²) in [5.41, 5.74) is 5.39. The normalized spacial score (nSPS) is 19.9. The van der Waals surface area contributed by atoms with Crippen molar-refractivity contribution >= 4 is 11.8 Å². The minimum Gasteiger partial charge on any atom is -0.496 e. The number of anilines is 1. The topological polar surface area (TPSA) is 12.5 Å². The Morgan fingerprint density at radius 3 is 2.50 bits per heavy atom. The maximum absolute atomic E-state index is 5.48. The van der Waals surface area contributed by atoms with Crippen molar-refractivity contribution in [2.24, 2.45) is 0 Å². The zero-order valence-electron chi connectivity index (χ0n) is 14.4. The molecule has 1 saturated heterocycles. The van der Waals surface area contributed by atoms with E-state index in [0.29, 0.717) is 5.92 Å². The second kappa shape index (κ2) is 6.72. The van der Waals surface area contributed by atoms with Crippen LogP contribution in [0.4, 0.5) is 5.69 Å². The lowest BCUT2D eigenvalue weighted by Gasteiger charge is -2.29. The van der Waals surface area contributed by atoms with Gasteiger partial charge in [0.25, 0.3) is 0 Å². The lowest BCUT2D eigenvalue weighted by molar-refractivity contribution is 0.413. The number of nitrogens with zero attached hydrogens (tertiary/aromatic N) is 1. The fraction of sp³-hybridized carbons (Fsp3) is 0.364. The molecule has 0 amide bonds. The maximum atomic E-state index is 5.48. The Bertz CT molecular complexity index is 726. The third-order valence-electron chi connectivity index (χ3n) is 5.35. The lowest BCUT2D eigenvalue weighted by Crippen LogP contribution is -2.29. The fourth-order valence-electron chi connectivity index (χ4n) is 3.97. The molecular weight excluding hydrogens is 294 g/mol. The van der Waals surface area contributed by atoms with Crippen molar-refractivity contribution in [1.29, 1.82) is 0 Å². The van der Waals surface area contributed by atoms with Crippen LogP contribution < -0.4 is 9.64 Å². The van der Waals surface area contributed by atoms with Gasteiger partial charge in [-0.05, 0) is 55.0 Å². The Hall–Kier alpha value is -2.22. The standard InChI is InChI=1S/C22H25NO/c1-24-22-7-5-6-19-16-18(10-13-21(19)22)17-8-11-20(12-9-17)23-14-3-2-4-15-23/h5-13,18H,2-4,14-16H2,1H3. The number of fused-ring (bicyclic) bond motifs is 1. The summed E-state index contributed by atoms with van der Waals surface area (Å²) in [5, 5.41) is 0. The maximum Gasteiger partial charge on any atom is 0.126 e. The number of piperidine rings is 1. The highest BCUT2D eigenvalue weighted by atomic mass is 16.5. The summed E-state index contributed by atoms with van der Waals surface area (Å²) in [6, 6.07) is 15.6. The number of allylic oxidation sites excluding steroid dienone is 1. The first-order valence-electron chi connectivity index (χ1n) is 9.04. The van der Waals surface area contributed by atoms with E-state index in [1.165, 1.54) is 54.7 Å². The number of hydrogen-bond donors (Lipinski definition) is 0. The first kappa shape index (κ1) is 15.3. The molecule has 0 saturated carbocycles. The Balaban J connectivity index is 1.53. The van der Waals surface area contributed by atoms with Crippen LogP contribution in [0.25, 0.3) is 6.08 Å². The molecule has 0 bridgehead atoms. The molecule has 0 spiro atoms. The third-order valence-corrected chi connectivity index (χ3v) is 5.35. The van der Waals surface area contributed by atoms with Gasteiger partial charge >= 0.3 is 0 Å². The van der Waals surface area contributed by atoms with E-state index in [-0.39, 0.29) is 0 Å². The molecule has 1 fully saturated rings. The molecule has 0 N–H and O–H groups in total. The predicted octanol–water partition coefficient (Wildman–Crippen LogP) is 5.04. The molecule has 2 nitrogen and oxygen atoms in total. The van der Waals surface area contributed by atoms with Crippen molar-refractivity contribution < 1.29 is 4.74 Å². The zero-order chi connectivity index (χ0) is 16.4. The molecular formula is C22H25NO. The largest absolute Gasteiger partial charge is 0.496 e. The van der Waals surface area contributed by atoms with Gasteiger partial charge in [0.15, 0.2) is 0 Å². The highest BCUT2D eigenvalue weighted by Gasteiger charge is 2.18. The molecule has 1 unspecified atom stereocenters. The Labute approximate surface area is 144 Å². The predicted molar refractivity (Wildman–Crippen MR) is 101 cm³/mol. The van der Waals surface area contributed by atoms with Gasteiger partial charge in [-0.15, -0.1) is 0 Å². The summed E-state index contributed by atoms with van der Waals surface area (Å²) in [7, 11) is 1.74. The van der Waals surface area contributed by atoms with Crippen molar-refractivity contribution in [3.63, 3.8) is 0 Å². The van der Waals surface area contributed by atoms with Gasteiger partial charge in [-0.2, -0.15) is 0 Å². The Morgan fingerprint density at radius 2 is 1.75 bits per heavy atom. The monoisotopic (exact) mass is 319 g/mol. The van der Waals surface area contributed by atoms with Crippen molar-refractivity contribution in [2.75, 3.05) is 25.1 Å². The average Bonchev–Trinajstić information content (AvgIpc) is 2.68. The molecule has 1 aliphatic carbocycles. The highest BCUT2D eigenvalue weighted by Crippen LogP contribution is 2.35. The molecule has 2 aromatic rings. The van der Waals surface area contributed by atoms with Crippen molar-refractivity contribution in [2.45, 2.75) is 31.6 Å². The first-order valence-corrected chi connectivity index (χ1v) is 9.04. The number of methoxy groups -OCH3 is 1. The fourth-order valence-corrected chi connectivity index (χ4v) is 3.97. The van der Waals surface area contributed by atoms with Gasteiger partial charge in [-0.25, -0.2) is 0 Å². The molecule has 2 heteroatoms. The van der Waals surface area contributed by atoms with E-state index >= 15 is 0 Å². The molecule has 1 atom stereocenters. The Kier molecular flexibility index (Phi) is 4.29. The van der Waals surface area contributed by atoms with Gasteiger partial charge in [0.05, 0.1) is 7.11 Å². The minimum atomic E-state index is 0.458. The molecule has 1 aliphatic heterocycles. The van der Waals surface area contributed by atoms with E-state index < -0.39 is 0 Å². The van der Waals surface area contributed by atoms with Crippen molar-refractivity contribution in [1.82, 2.24) is 0 Å². The SMILES string of the molecule is COc1cccc2c1C=CC(c1ccc(N3CCCCC3)cc1)C2. The van der Waals surface area contributed by atoms with Gasteiger partial charge < -0.3 is 9.64 Å². The van der Waals surface area contributed by atoms with Crippen LogP contribution in [0.15, 0.2) is 48.5 Å². The molecule has 124 valence electrons. The third kappa shape index (κ3) is 2.93. The second-order valence-corrected chi connectivity index (χ2v) is 6.84. The van der Waals surface area contributed by atoms with Crippen LogP contribution in [-0.2, 0) is 6.42 Å². The van der Waals surface area contributed by atoms with Gasteiger partial charge in [0.1, 0.15) is 5.75 Å². The van der Waals surface area contributed by atoms with Crippen LogP contribution in [0, 0.1) is 0 Å².